The van der Waals surface area contributed by atoms with E-state index in [1.165, 1.54) is 42.2 Å². The first kappa shape index (κ1) is 13.8. The smallest absolute Gasteiger partial charge is 0.0346 e. The maximum Gasteiger partial charge on any atom is 0.0346 e. The number of benzene rings is 1. The average molecular weight is 299 g/mol. The van der Waals surface area contributed by atoms with Gasteiger partial charge in [0, 0.05) is 10.7 Å². The van der Waals surface area contributed by atoms with Gasteiger partial charge in [0.1, 0.15) is 0 Å². The van der Waals surface area contributed by atoms with Crippen LogP contribution in [-0.2, 0) is 0 Å². The zero-order valence-corrected chi connectivity index (χ0v) is 13.7. The lowest BCUT2D eigenvalue weighted by atomic mass is 9.82. The molecule has 2 bridgehead atoms. The Labute approximate surface area is 131 Å². The third-order valence-electron chi connectivity index (χ3n) is 5.76. The van der Waals surface area contributed by atoms with Gasteiger partial charge in [-0.3, -0.25) is 0 Å². The maximum atomic E-state index is 3.77. The number of hydrogen-bond acceptors (Lipinski definition) is 2. The van der Waals surface area contributed by atoms with Crippen molar-refractivity contribution >= 4 is 21.4 Å². The molecule has 2 saturated carbocycles. The Hall–Kier alpha value is -0.860. The van der Waals surface area contributed by atoms with E-state index >= 15 is 0 Å². The molecule has 1 nitrogen and oxygen atoms in total. The van der Waals surface area contributed by atoms with Crippen LogP contribution in [0.1, 0.15) is 50.6 Å². The first-order valence-corrected chi connectivity index (χ1v) is 9.42. The van der Waals surface area contributed by atoms with Gasteiger partial charge in [0.2, 0.25) is 0 Å². The lowest BCUT2D eigenvalue weighted by Gasteiger charge is -2.27. The van der Waals surface area contributed by atoms with Gasteiger partial charge in [0.25, 0.3) is 0 Å². The van der Waals surface area contributed by atoms with Gasteiger partial charge < -0.3 is 5.32 Å². The summed E-state index contributed by atoms with van der Waals surface area (Å²) in [5.41, 5.74) is 1.54. The van der Waals surface area contributed by atoms with Crippen LogP contribution in [0.25, 0.3) is 10.1 Å². The van der Waals surface area contributed by atoms with Crippen molar-refractivity contribution in [2.24, 2.45) is 17.8 Å². The second-order valence-corrected chi connectivity index (χ2v) is 7.88. The summed E-state index contributed by atoms with van der Waals surface area (Å²) < 4.78 is 1.43. The first-order valence-electron chi connectivity index (χ1n) is 8.54. The maximum absolute atomic E-state index is 3.77. The molecule has 0 amide bonds. The van der Waals surface area contributed by atoms with E-state index in [9.17, 15) is 0 Å². The SMILES string of the molecule is CCNC(CC1CC2CCC1C2)c1csc2ccccc12. The Morgan fingerprint density at radius 2 is 2.14 bits per heavy atom. The third kappa shape index (κ3) is 2.53. The van der Waals surface area contributed by atoms with Crippen molar-refractivity contribution in [3.05, 3.63) is 35.2 Å². The first-order chi connectivity index (χ1) is 10.3. The van der Waals surface area contributed by atoms with Crippen molar-refractivity contribution in [3.63, 3.8) is 0 Å². The third-order valence-corrected chi connectivity index (χ3v) is 6.74. The molecule has 0 saturated heterocycles. The summed E-state index contributed by atoms with van der Waals surface area (Å²) in [5.74, 6) is 3.05. The number of thiophene rings is 1. The summed E-state index contributed by atoms with van der Waals surface area (Å²) in [6, 6.07) is 9.44. The number of fused-ring (bicyclic) bond motifs is 3. The van der Waals surface area contributed by atoms with Gasteiger partial charge in [-0.2, -0.15) is 0 Å². The van der Waals surface area contributed by atoms with E-state index in [0.29, 0.717) is 6.04 Å². The molecule has 0 radical (unpaired) electrons. The minimum absolute atomic E-state index is 0.551. The molecule has 4 atom stereocenters. The predicted molar refractivity (Wildman–Crippen MR) is 91.8 cm³/mol. The molecule has 2 fully saturated rings. The van der Waals surface area contributed by atoms with Crippen LogP contribution in [0.2, 0.25) is 0 Å². The summed E-state index contributed by atoms with van der Waals surface area (Å²) in [7, 11) is 0. The molecule has 2 aliphatic carbocycles. The van der Waals surface area contributed by atoms with Gasteiger partial charge in [-0.05, 0) is 72.4 Å². The molecule has 1 aromatic heterocycles. The second kappa shape index (κ2) is 5.73. The van der Waals surface area contributed by atoms with Gasteiger partial charge >= 0.3 is 0 Å². The monoisotopic (exact) mass is 299 g/mol. The minimum atomic E-state index is 0.551. The summed E-state index contributed by atoms with van der Waals surface area (Å²) in [5, 5.41) is 7.63. The quantitative estimate of drug-likeness (QED) is 0.781. The van der Waals surface area contributed by atoms with Crippen molar-refractivity contribution in [1.82, 2.24) is 5.32 Å². The van der Waals surface area contributed by atoms with E-state index in [2.05, 4.69) is 41.9 Å². The van der Waals surface area contributed by atoms with Gasteiger partial charge in [-0.25, -0.2) is 0 Å². The van der Waals surface area contributed by atoms with E-state index in [1.54, 1.807) is 5.56 Å². The van der Waals surface area contributed by atoms with Crippen LogP contribution in [0, 0.1) is 17.8 Å². The number of rotatable bonds is 5. The molecule has 4 rings (SSSR count). The van der Waals surface area contributed by atoms with Crippen molar-refractivity contribution in [2.75, 3.05) is 6.54 Å². The summed E-state index contributed by atoms with van der Waals surface area (Å²) in [4.78, 5) is 0. The molecule has 2 heteroatoms. The molecule has 1 N–H and O–H groups in total. The van der Waals surface area contributed by atoms with Crippen LogP contribution in [0.5, 0.6) is 0 Å². The molecule has 2 aliphatic rings. The van der Waals surface area contributed by atoms with Gasteiger partial charge in [-0.1, -0.05) is 31.5 Å². The average Bonchev–Trinajstić information content (AvgIpc) is 3.21. The Morgan fingerprint density at radius 3 is 2.90 bits per heavy atom. The van der Waals surface area contributed by atoms with E-state index in [0.717, 1.165) is 24.3 Å². The number of nitrogens with one attached hydrogen (secondary N) is 1. The van der Waals surface area contributed by atoms with Gasteiger partial charge in [0.15, 0.2) is 0 Å². The molecule has 21 heavy (non-hydrogen) atoms. The van der Waals surface area contributed by atoms with Crippen LogP contribution in [0.4, 0.5) is 0 Å². The molecule has 2 aromatic rings. The van der Waals surface area contributed by atoms with E-state index < -0.39 is 0 Å². The van der Waals surface area contributed by atoms with Crippen molar-refractivity contribution in [1.29, 1.82) is 0 Å². The lowest BCUT2D eigenvalue weighted by molar-refractivity contribution is 0.281. The topological polar surface area (TPSA) is 12.0 Å². The number of hydrogen-bond donors (Lipinski definition) is 1. The standard InChI is InChI=1S/C19H25NS/c1-2-20-18(11-15-10-13-7-8-14(15)9-13)17-12-21-19-6-4-3-5-16(17)19/h3-6,12-15,18,20H,2,7-11H2,1H3. The minimum Gasteiger partial charge on any atom is -0.310 e. The van der Waals surface area contributed by atoms with E-state index in [-0.39, 0.29) is 0 Å². The molecular formula is C19H25NS. The van der Waals surface area contributed by atoms with Crippen LogP contribution in [-0.4, -0.2) is 6.54 Å². The summed E-state index contributed by atoms with van der Waals surface area (Å²) in [6.07, 6.45) is 7.37. The fourth-order valence-corrected chi connectivity index (χ4v) is 5.82. The highest BCUT2D eigenvalue weighted by atomic mass is 32.1. The highest BCUT2D eigenvalue weighted by Crippen LogP contribution is 2.51. The molecule has 0 aliphatic heterocycles. The van der Waals surface area contributed by atoms with E-state index in [4.69, 9.17) is 0 Å². The van der Waals surface area contributed by atoms with Crippen molar-refractivity contribution in [3.8, 4) is 0 Å². The predicted octanol–water partition coefficient (Wildman–Crippen LogP) is 5.38. The van der Waals surface area contributed by atoms with E-state index in [1.807, 2.05) is 11.3 Å². The highest BCUT2D eigenvalue weighted by Gasteiger charge is 2.40. The Bertz CT molecular complexity index is 617. The Morgan fingerprint density at radius 1 is 1.24 bits per heavy atom. The summed E-state index contributed by atoms with van der Waals surface area (Å²) >= 11 is 1.90. The lowest BCUT2D eigenvalue weighted by Crippen LogP contribution is -2.25. The van der Waals surface area contributed by atoms with Crippen molar-refractivity contribution in [2.45, 2.75) is 45.1 Å². The fourth-order valence-electron chi connectivity index (χ4n) is 4.80. The zero-order valence-electron chi connectivity index (χ0n) is 12.8. The van der Waals surface area contributed by atoms with Crippen molar-refractivity contribution < 1.29 is 0 Å². The van der Waals surface area contributed by atoms with Crippen LogP contribution >= 0.6 is 11.3 Å². The molecule has 112 valence electrons. The molecule has 0 spiro atoms. The fraction of sp³-hybridized carbons (Fsp3) is 0.579. The van der Waals surface area contributed by atoms with Gasteiger partial charge in [-0.15, -0.1) is 11.3 Å². The molecule has 1 heterocycles. The Balaban J connectivity index is 1.59. The Kier molecular flexibility index (Phi) is 3.76. The van der Waals surface area contributed by atoms with Crippen LogP contribution < -0.4 is 5.32 Å². The molecular weight excluding hydrogens is 274 g/mol. The molecule has 1 aromatic carbocycles. The second-order valence-electron chi connectivity index (χ2n) is 6.97. The summed E-state index contributed by atoms with van der Waals surface area (Å²) in [6.45, 7) is 3.30. The zero-order chi connectivity index (χ0) is 14.2. The van der Waals surface area contributed by atoms with Crippen LogP contribution in [0.3, 0.4) is 0 Å². The largest absolute Gasteiger partial charge is 0.310 e. The van der Waals surface area contributed by atoms with Gasteiger partial charge in [0.05, 0.1) is 0 Å². The highest BCUT2D eigenvalue weighted by molar-refractivity contribution is 7.17. The normalized spacial score (nSPS) is 29.3. The molecule has 4 unspecified atom stereocenters. The van der Waals surface area contributed by atoms with Crippen LogP contribution in [0.15, 0.2) is 29.6 Å².